The summed E-state index contributed by atoms with van der Waals surface area (Å²) in [5, 5.41) is 6.37. The molecule has 3 rings (SSSR count). The number of likely N-dealkylation sites (N-methyl/N-ethyl adjacent to an activating group) is 1. The molecule has 1 aliphatic carbocycles. The van der Waals surface area contributed by atoms with E-state index in [0.29, 0.717) is 12.6 Å². The largest absolute Gasteiger partial charge is 0.376 e. The van der Waals surface area contributed by atoms with Crippen molar-refractivity contribution in [3.05, 3.63) is 24.3 Å². The molecule has 0 bridgehead atoms. The second kappa shape index (κ2) is 8.38. The molecule has 1 heterocycles. The van der Waals surface area contributed by atoms with Crippen LogP contribution >= 0.6 is 0 Å². The predicted octanol–water partition coefficient (Wildman–Crippen LogP) is 2.30. The van der Waals surface area contributed by atoms with Crippen molar-refractivity contribution in [2.45, 2.75) is 38.1 Å². The van der Waals surface area contributed by atoms with Crippen molar-refractivity contribution in [1.29, 1.82) is 0 Å². The third-order valence-corrected chi connectivity index (χ3v) is 5.16. The summed E-state index contributed by atoms with van der Waals surface area (Å²) in [6.45, 7) is 4.73. The Morgan fingerprint density at radius 3 is 2.38 bits per heavy atom. The Labute approximate surface area is 145 Å². The van der Waals surface area contributed by atoms with E-state index in [4.69, 9.17) is 0 Å². The number of hydrogen-bond acceptors (Lipinski definition) is 4. The standard InChI is InChI=1S/C19H30N4O/c1-22-11-13-23(14-12-22)18-9-7-16(8-10-18)20-15-19(24)21-17-5-3-2-4-6-17/h7-10,17,20H,2-6,11-15H2,1H3,(H,21,24). The van der Waals surface area contributed by atoms with Gasteiger partial charge in [-0.1, -0.05) is 19.3 Å². The van der Waals surface area contributed by atoms with Crippen LogP contribution in [-0.4, -0.2) is 56.6 Å². The number of hydrogen-bond donors (Lipinski definition) is 2. The molecule has 1 aromatic rings. The highest BCUT2D eigenvalue weighted by molar-refractivity contribution is 5.81. The molecule has 1 saturated carbocycles. The summed E-state index contributed by atoms with van der Waals surface area (Å²) < 4.78 is 0. The normalized spacial score (nSPS) is 20.0. The number of piperazine rings is 1. The van der Waals surface area contributed by atoms with Crippen LogP contribution in [0.4, 0.5) is 11.4 Å². The molecule has 2 aliphatic rings. The van der Waals surface area contributed by atoms with Crippen LogP contribution in [0.5, 0.6) is 0 Å². The molecule has 24 heavy (non-hydrogen) atoms. The number of benzene rings is 1. The Morgan fingerprint density at radius 2 is 1.71 bits per heavy atom. The van der Waals surface area contributed by atoms with Gasteiger partial charge in [0, 0.05) is 43.6 Å². The molecule has 1 amide bonds. The molecule has 0 atom stereocenters. The molecule has 2 N–H and O–H groups in total. The van der Waals surface area contributed by atoms with Gasteiger partial charge in [0.25, 0.3) is 0 Å². The second-order valence-corrected chi connectivity index (χ2v) is 7.09. The van der Waals surface area contributed by atoms with Gasteiger partial charge in [0.15, 0.2) is 0 Å². The fraction of sp³-hybridized carbons (Fsp3) is 0.632. The van der Waals surface area contributed by atoms with E-state index < -0.39 is 0 Å². The van der Waals surface area contributed by atoms with E-state index in [2.05, 4.69) is 51.7 Å². The minimum absolute atomic E-state index is 0.102. The minimum Gasteiger partial charge on any atom is -0.376 e. The lowest BCUT2D eigenvalue weighted by molar-refractivity contribution is -0.120. The van der Waals surface area contributed by atoms with E-state index >= 15 is 0 Å². The van der Waals surface area contributed by atoms with E-state index in [1.54, 1.807) is 0 Å². The molecule has 0 unspecified atom stereocenters. The Kier molecular flexibility index (Phi) is 5.96. The van der Waals surface area contributed by atoms with Crippen molar-refractivity contribution in [3.63, 3.8) is 0 Å². The lowest BCUT2D eigenvalue weighted by Gasteiger charge is -2.34. The van der Waals surface area contributed by atoms with Crippen LogP contribution in [0.15, 0.2) is 24.3 Å². The van der Waals surface area contributed by atoms with Crippen LogP contribution in [0.25, 0.3) is 0 Å². The fourth-order valence-electron chi connectivity index (χ4n) is 3.56. The molecule has 5 nitrogen and oxygen atoms in total. The summed E-state index contributed by atoms with van der Waals surface area (Å²) in [7, 11) is 2.17. The van der Waals surface area contributed by atoms with E-state index in [0.717, 1.165) is 44.7 Å². The highest BCUT2D eigenvalue weighted by Crippen LogP contribution is 2.19. The smallest absolute Gasteiger partial charge is 0.239 e. The molecule has 0 spiro atoms. The third kappa shape index (κ3) is 4.87. The number of carbonyl (C=O) groups excluding carboxylic acids is 1. The van der Waals surface area contributed by atoms with Crippen LogP contribution in [0.1, 0.15) is 32.1 Å². The SMILES string of the molecule is CN1CCN(c2ccc(NCC(=O)NC3CCCCC3)cc2)CC1. The molecule has 1 aliphatic heterocycles. The van der Waals surface area contributed by atoms with E-state index in [1.807, 2.05) is 0 Å². The Balaban J connectivity index is 1.43. The fourth-order valence-corrected chi connectivity index (χ4v) is 3.56. The maximum Gasteiger partial charge on any atom is 0.239 e. The second-order valence-electron chi connectivity index (χ2n) is 7.09. The number of anilines is 2. The molecule has 132 valence electrons. The van der Waals surface area contributed by atoms with E-state index in [-0.39, 0.29) is 5.91 Å². The first-order chi connectivity index (χ1) is 11.7. The van der Waals surface area contributed by atoms with Crippen molar-refractivity contribution >= 4 is 17.3 Å². The zero-order valence-corrected chi connectivity index (χ0v) is 14.8. The summed E-state index contributed by atoms with van der Waals surface area (Å²) in [5.41, 5.74) is 2.27. The van der Waals surface area contributed by atoms with Gasteiger partial charge in [0.2, 0.25) is 5.91 Å². The highest BCUT2D eigenvalue weighted by Gasteiger charge is 2.16. The van der Waals surface area contributed by atoms with Crippen molar-refractivity contribution in [1.82, 2.24) is 10.2 Å². The molecule has 0 aromatic heterocycles. The number of nitrogens with zero attached hydrogens (tertiary/aromatic N) is 2. The highest BCUT2D eigenvalue weighted by atomic mass is 16.1. The first-order valence-corrected chi connectivity index (χ1v) is 9.27. The van der Waals surface area contributed by atoms with Crippen LogP contribution in [0, 0.1) is 0 Å². The first kappa shape index (κ1) is 17.1. The molecular weight excluding hydrogens is 300 g/mol. The number of rotatable bonds is 5. The topological polar surface area (TPSA) is 47.6 Å². The molecule has 1 saturated heterocycles. The summed E-state index contributed by atoms with van der Waals surface area (Å²) in [5.74, 6) is 0.102. The zero-order valence-electron chi connectivity index (χ0n) is 14.8. The lowest BCUT2D eigenvalue weighted by atomic mass is 9.95. The summed E-state index contributed by atoms with van der Waals surface area (Å²) >= 11 is 0. The maximum atomic E-state index is 12.0. The molecule has 2 fully saturated rings. The summed E-state index contributed by atoms with van der Waals surface area (Å²) in [6, 6.07) is 8.82. The van der Waals surface area contributed by atoms with Gasteiger partial charge in [-0.05, 0) is 44.2 Å². The number of carbonyl (C=O) groups is 1. The Bertz CT molecular complexity index is 517. The van der Waals surface area contributed by atoms with E-state index in [1.165, 1.54) is 24.9 Å². The minimum atomic E-state index is 0.102. The quantitative estimate of drug-likeness (QED) is 0.870. The van der Waals surface area contributed by atoms with Crippen molar-refractivity contribution in [2.24, 2.45) is 0 Å². The van der Waals surface area contributed by atoms with Crippen molar-refractivity contribution in [2.75, 3.05) is 50.0 Å². The van der Waals surface area contributed by atoms with Gasteiger partial charge >= 0.3 is 0 Å². The average molecular weight is 330 g/mol. The van der Waals surface area contributed by atoms with Crippen LogP contribution in [0.2, 0.25) is 0 Å². The molecular formula is C19H30N4O. The van der Waals surface area contributed by atoms with Crippen molar-refractivity contribution < 1.29 is 4.79 Å². The van der Waals surface area contributed by atoms with Crippen LogP contribution in [-0.2, 0) is 4.79 Å². The van der Waals surface area contributed by atoms with Gasteiger partial charge in [0.1, 0.15) is 0 Å². The maximum absolute atomic E-state index is 12.0. The molecule has 5 heteroatoms. The number of nitrogens with one attached hydrogen (secondary N) is 2. The summed E-state index contributed by atoms with van der Waals surface area (Å²) in [4.78, 5) is 16.8. The molecule has 0 radical (unpaired) electrons. The van der Waals surface area contributed by atoms with Gasteiger partial charge < -0.3 is 20.4 Å². The van der Waals surface area contributed by atoms with E-state index in [9.17, 15) is 4.79 Å². The van der Waals surface area contributed by atoms with Gasteiger partial charge in [-0.3, -0.25) is 4.79 Å². The number of amides is 1. The molecule has 1 aromatic carbocycles. The average Bonchev–Trinajstić information content (AvgIpc) is 2.62. The van der Waals surface area contributed by atoms with Gasteiger partial charge in [-0.15, -0.1) is 0 Å². The third-order valence-electron chi connectivity index (χ3n) is 5.16. The first-order valence-electron chi connectivity index (χ1n) is 9.27. The Morgan fingerprint density at radius 1 is 1.04 bits per heavy atom. The Hall–Kier alpha value is -1.75. The zero-order chi connectivity index (χ0) is 16.8. The van der Waals surface area contributed by atoms with Crippen LogP contribution < -0.4 is 15.5 Å². The van der Waals surface area contributed by atoms with Gasteiger partial charge in [-0.2, -0.15) is 0 Å². The predicted molar refractivity (Wildman–Crippen MR) is 99.7 cm³/mol. The van der Waals surface area contributed by atoms with Crippen LogP contribution in [0.3, 0.4) is 0 Å². The lowest BCUT2D eigenvalue weighted by Crippen LogP contribution is -2.44. The summed E-state index contributed by atoms with van der Waals surface area (Å²) in [6.07, 6.45) is 6.06. The van der Waals surface area contributed by atoms with Crippen molar-refractivity contribution in [3.8, 4) is 0 Å². The monoisotopic (exact) mass is 330 g/mol. The van der Waals surface area contributed by atoms with Gasteiger partial charge in [0.05, 0.1) is 6.54 Å². The van der Waals surface area contributed by atoms with Gasteiger partial charge in [-0.25, -0.2) is 0 Å².